The Morgan fingerprint density at radius 3 is 2.79 bits per heavy atom. The van der Waals surface area contributed by atoms with Crippen LogP contribution in [0, 0.1) is 0 Å². The molecule has 2 unspecified atom stereocenters. The van der Waals surface area contributed by atoms with Crippen LogP contribution >= 0.6 is 0 Å². The Labute approximate surface area is 85.7 Å². The molecule has 1 aromatic heterocycles. The highest BCUT2D eigenvalue weighted by Crippen LogP contribution is 2.22. The van der Waals surface area contributed by atoms with Crippen LogP contribution in [-0.4, -0.2) is 5.16 Å². The molecule has 0 spiro atoms. The van der Waals surface area contributed by atoms with E-state index in [0.29, 0.717) is 5.92 Å². The SMILES string of the molecule is CCCC(N)c1cc(C(C)CC)no1. The molecule has 2 N–H and O–H groups in total. The molecule has 1 aromatic rings. The number of hydrogen-bond acceptors (Lipinski definition) is 3. The summed E-state index contributed by atoms with van der Waals surface area (Å²) in [7, 11) is 0. The minimum Gasteiger partial charge on any atom is -0.359 e. The maximum Gasteiger partial charge on any atom is 0.153 e. The van der Waals surface area contributed by atoms with Crippen molar-refractivity contribution in [2.24, 2.45) is 5.73 Å². The summed E-state index contributed by atoms with van der Waals surface area (Å²) in [6, 6.07) is 2.00. The van der Waals surface area contributed by atoms with Crippen molar-refractivity contribution in [3.63, 3.8) is 0 Å². The van der Waals surface area contributed by atoms with Gasteiger partial charge in [-0.2, -0.15) is 0 Å². The summed E-state index contributed by atoms with van der Waals surface area (Å²) in [5.74, 6) is 1.28. The van der Waals surface area contributed by atoms with Gasteiger partial charge in [-0.05, 0) is 12.8 Å². The van der Waals surface area contributed by atoms with E-state index in [1.807, 2.05) is 6.07 Å². The van der Waals surface area contributed by atoms with Crippen molar-refractivity contribution in [3.8, 4) is 0 Å². The summed E-state index contributed by atoms with van der Waals surface area (Å²) in [6.45, 7) is 6.41. The van der Waals surface area contributed by atoms with E-state index in [0.717, 1.165) is 30.7 Å². The van der Waals surface area contributed by atoms with Crippen molar-refractivity contribution < 1.29 is 4.52 Å². The molecule has 0 amide bonds. The molecule has 0 aliphatic carbocycles. The van der Waals surface area contributed by atoms with Gasteiger partial charge in [0.25, 0.3) is 0 Å². The molecule has 1 heterocycles. The number of rotatable bonds is 5. The molecule has 14 heavy (non-hydrogen) atoms. The summed E-state index contributed by atoms with van der Waals surface area (Å²) in [4.78, 5) is 0. The van der Waals surface area contributed by atoms with Gasteiger partial charge in [-0.15, -0.1) is 0 Å². The monoisotopic (exact) mass is 196 g/mol. The second-order valence-corrected chi connectivity index (χ2v) is 3.86. The average molecular weight is 196 g/mol. The first-order valence-electron chi connectivity index (χ1n) is 5.41. The lowest BCUT2D eigenvalue weighted by Crippen LogP contribution is -2.08. The Morgan fingerprint density at radius 1 is 1.50 bits per heavy atom. The Morgan fingerprint density at radius 2 is 2.21 bits per heavy atom. The van der Waals surface area contributed by atoms with Gasteiger partial charge in [0, 0.05) is 12.0 Å². The third kappa shape index (κ3) is 2.58. The van der Waals surface area contributed by atoms with Gasteiger partial charge in [-0.3, -0.25) is 0 Å². The fraction of sp³-hybridized carbons (Fsp3) is 0.727. The lowest BCUT2D eigenvalue weighted by molar-refractivity contribution is 0.347. The van der Waals surface area contributed by atoms with E-state index in [-0.39, 0.29) is 6.04 Å². The van der Waals surface area contributed by atoms with Gasteiger partial charge >= 0.3 is 0 Å². The summed E-state index contributed by atoms with van der Waals surface area (Å²) < 4.78 is 5.23. The molecular formula is C11H20N2O. The molecular weight excluding hydrogens is 176 g/mol. The third-order valence-electron chi connectivity index (χ3n) is 2.63. The Bertz CT molecular complexity index is 270. The molecule has 0 saturated heterocycles. The Kier molecular flexibility index (Phi) is 4.14. The first kappa shape index (κ1) is 11.2. The van der Waals surface area contributed by atoms with Crippen LogP contribution in [0.1, 0.15) is 63.4 Å². The van der Waals surface area contributed by atoms with Crippen molar-refractivity contribution in [2.45, 2.75) is 52.0 Å². The molecule has 0 aliphatic rings. The van der Waals surface area contributed by atoms with E-state index in [9.17, 15) is 0 Å². The van der Waals surface area contributed by atoms with Gasteiger partial charge in [0.2, 0.25) is 0 Å². The molecule has 2 atom stereocenters. The highest BCUT2D eigenvalue weighted by molar-refractivity contribution is 5.12. The maximum atomic E-state index is 5.93. The van der Waals surface area contributed by atoms with Crippen LogP contribution in [0.2, 0.25) is 0 Å². The molecule has 0 fully saturated rings. The number of aromatic nitrogens is 1. The molecule has 0 saturated carbocycles. The third-order valence-corrected chi connectivity index (χ3v) is 2.63. The van der Waals surface area contributed by atoms with Crippen LogP contribution in [0.4, 0.5) is 0 Å². The van der Waals surface area contributed by atoms with E-state index in [4.69, 9.17) is 10.3 Å². The summed E-state index contributed by atoms with van der Waals surface area (Å²) in [5.41, 5.74) is 6.95. The second-order valence-electron chi connectivity index (χ2n) is 3.86. The van der Waals surface area contributed by atoms with E-state index in [2.05, 4.69) is 25.9 Å². The van der Waals surface area contributed by atoms with Gasteiger partial charge in [0.15, 0.2) is 5.76 Å². The summed E-state index contributed by atoms with van der Waals surface area (Å²) in [5, 5.41) is 4.04. The molecule has 0 radical (unpaired) electrons. The molecule has 1 rings (SSSR count). The van der Waals surface area contributed by atoms with Crippen LogP contribution in [0.15, 0.2) is 10.6 Å². The standard InChI is InChI=1S/C11H20N2O/c1-4-6-9(12)11-7-10(13-14-11)8(3)5-2/h7-9H,4-6,12H2,1-3H3. The van der Waals surface area contributed by atoms with E-state index in [1.165, 1.54) is 0 Å². The van der Waals surface area contributed by atoms with Crippen LogP contribution in [0.5, 0.6) is 0 Å². The number of hydrogen-bond donors (Lipinski definition) is 1. The average Bonchev–Trinajstić information content (AvgIpc) is 2.66. The van der Waals surface area contributed by atoms with E-state index < -0.39 is 0 Å². The van der Waals surface area contributed by atoms with Crippen LogP contribution in [0.3, 0.4) is 0 Å². The number of nitrogens with zero attached hydrogens (tertiary/aromatic N) is 1. The first-order chi connectivity index (χ1) is 6.69. The predicted molar refractivity (Wildman–Crippen MR) is 57.0 cm³/mol. The van der Waals surface area contributed by atoms with Crippen LogP contribution in [0.25, 0.3) is 0 Å². The second kappa shape index (κ2) is 5.15. The fourth-order valence-electron chi connectivity index (χ4n) is 1.37. The van der Waals surface area contributed by atoms with Crippen LogP contribution < -0.4 is 5.73 Å². The highest BCUT2D eigenvalue weighted by Gasteiger charge is 2.14. The molecule has 80 valence electrons. The van der Waals surface area contributed by atoms with Crippen molar-refractivity contribution in [1.82, 2.24) is 5.16 Å². The van der Waals surface area contributed by atoms with Crippen molar-refractivity contribution in [3.05, 3.63) is 17.5 Å². The number of nitrogens with two attached hydrogens (primary N) is 1. The van der Waals surface area contributed by atoms with Gasteiger partial charge in [0.05, 0.1) is 11.7 Å². The molecule has 3 nitrogen and oxygen atoms in total. The largest absolute Gasteiger partial charge is 0.359 e. The zero-order valence-corrected chi connectivity index (χ0v) is 9.29. The smallest absolute Gasteiger partial charge is 0.153 e. The Hall–Kier alpha value is -0.830. The Balaban J connectivity index is 2.67. The molecule has 3 heteroatoms. The topological polar surface area (TPSA) is 52.0 Å². The highest BCUT2D eigenvalue weighted by atomic mass is 16.5. The zero-order valence-electron chi connectivity index (χ0n) is 9.29. The van der Waals surface area contributed by atoms with Crippen molar-refractivity contribution >= 4 is 0 Å². The van der Waals surface area contributed by atoms with Crippen molar-refractivity contribution in [2.75, 3.05) is 0 Å². The van der Waals surface area contributed by atoms with E-state index >= 15 is 0 Å². The normalized spacial score (nSPS) is 15.4. The van der Waals surface area contributed by atoms with Gasteiger partial charge in [0.1, 0.15) is 0 Å². The van der Waals surface area contributed by atoms with Crippen LogP contribution in [-0.2, 0) is 0 Å². The summed E-state index contributed by atoms with van der Waals surface area (Å²) in [6.07, 6.45) is 3.10. The van der Waals surface area contributed by atoms with E-state index in [1.54, 1.807) is 0 Å². The van der Waals surface area contributed by atoms with Crippen molar-refractivity contribution in [1.29, 1.82) is 0 Å². The quantitative estimate of drug-likeness (QED) is 0.787. The minimum absolute atomic E-state index is 0.00491. The van der Waals surface area contributed by atoms with Gasteiger partial charge in [-0.1, -0.05) is 32.3 Å². The first-order valence-corrected chi connectivity index (χ1v) is 5.41. The maximum absolute atomic E-state index is 5.93. The summed E-state index contributed by atoms with van der Waals surface area (Å²) >= 11 is 0. The lowest BCUT2D eigenvalue weighted by Gasteiger charge is -2.04. The molecule has 0 bridgehead atoms. The molecule has 0 aromatic carbocycles. The fourth-order valence-corrected chi connectivity index (χ4v) is 1.37. The minimum atomic E-state index is 0.00491. The zero-order chi connectivity index (χ0) is 10.6. The predicted octanol–water partition coefficient (Wildman–Crippen LogP) is 2.99. The molecule has 0 aliphatic heterocycles. The van der Waals surface area contributed by atoms with Gasteiger partial charge < -0.3 is 10.3 Å². The lowest BCUT2D eigenvalue weighted by atomic mass is 10.0. The van der Waals surface area contributed by atoms with Gasteiger partial charge in [-0.25, -0.2) is 0 Å².